The van der Waals surface area contributed by atoms with Crippen LogP contribution in [0.25, 0.3) is 0 Å². The van der Waals surface area contributed by atoms with Crippen LogP contribution in [0, 0.1) is 0 Å². The molecule has 0 bridgehead atoms. The van der Waals surface area contributed by atoms with Crippen LogP contribution in [0.4, 0.5) is 0 Å². The van der Waals surface area contributed by atoms with Crippen LogP contribution in [0.2, 0.25) is 10.0 Å². The fourth-order valence-corrected chi connectivity index (χ4v) is 2.28. The lowest BCUT2D eigenvalue weighted by atomic mass is 10.1. The van der Waals surface area contributed by atoms with Crippen molar-refractivity contribution in [1.29, 1.82) is 0 Å². The number of rotatable bonds is 4. The summed E-state index contributed by atoms with van der Waals surface area (Å²) in [5, 5.41) is 4.66. The molecule has 1 unspecified atom stereocenters. The molecule has 0 saturated heterocycles. The molecule has 2 nitrogen and oxygen atoms in total. The minimum Gasteiger partial charge on any atom is -0.302 e. The zero-order valence-electron chi connectivity index (χ0n) is 10.9. The van der Waals surface area contributed by atoms with Gasteiger partial charge in [-0.25, -0.2) is 0 Å². The number of aromatic nitrogens is 1. The van der Waals surface area contributed by atoms with E-state index in [1.807, 2.05) is 36.4 Å². The molecule has 0 aliphatic heterocycles. The Balaban J connectivity index is 2.08. The van der Waals surface area contributed by atoms with E-state index in [-0.39, 0.29) is 12.1 Å². The average molecular weight is 295 g/mol. The maximum Gasteiger partial charge on any atom is 0.0595 e. The highest BCUT2D eigenvalue weighted by atomic mass is 35.5. The Morgan fingerprint density at radius 2 is 1.79 bits per heavy atom. The molecule has 1 aromatic heterocycles. The standard InChI is InChI=1S/C15H16Cl2N2/c1-10(12-6-7-13(16)14(17)9-12)19-11(2)15-5-3-4-8-18-15/h3-11,19H,1-2H3/t10?,11-/m0/s1. The minimum atomic E-state index is 0.172. The third-order valence-electron chi connectivity index (χ3n) is 3.08. The smallest absolute Gasteiger partial charge is 0.0595 e. The molecule has 2 aromatic rings. The second-order valence-corrected chi connectivity index (χ2v) is 5.35. The van der Waals surface area contributed by atoms with E-state index in [0.717, 1.165) is 11.3 Å². The third kappa shape index (κ3) is 3.69. The molecule has 1 heterocycles. The Labute approximate surface area is 123 Å². The number of benzene rings is 1. The topological polar surface area (TPSA) is 24.9 Å². The van der Waals surface area contributed by atoms with Crippen LogP contribution in [0.1, 0.15) is 37.2 Å². The summed E-state index contributed by atoms with van der Waals surface area (Å²) in [4.78, 5) is 4.35. The van der Waals surface area contributed by atoms with Gasteiger partial charge in [0.05, 0.1) is 15.7 Å². The van der Waals surface area contributed by atoms with Crippen LogP contribution < -0.4 is 5.32 Å². The van der Waals surface area contributed by atoms with Gasteiger partial charge in [-0.2, -0.15) is 0 Å². The van der Waals surface area contributed by atoms with Crippen LogP contribution in [-0.2, 0) is 0 Å². The Hall–Kier alpha value is -1.09. The van der Waals surface area contributed by atoms with Gasteiger partial charge in [0.25, 0.3) is 0 Å². The SMILES string of the molecule is CC(N[C@@H](C)c1ccccn1)c1ccc(Cl)c(Cl)c1. The van der Waals surface area contributed by atoms with E-state index in [4.69, 9.17) is 23.2 Å². The molecule has 0 amide bonds. The van der Waals surface area contributed by atoms with Gasteiger partial charge in [0, 0.05) is 18.3 Å². The molecule has 1 aromatic carbocycles. The first-order chi connectivity index (χ1) is 9.08. The van der Waals surface area contributed by atoms with Crippen LogP contribution in [0.5, 0.6) is 0 Å². The van der Waals surface area contributed by atoms with Crippen LogP contribution in [0.15, 0.2) is 42.6 Å². The van der Waals surface area contributed by atoms with E-state index in [9.17, 15) is 0 Å². The lowest BCUT2D eigenvalue weighted by Crippen LogP contribution is -2.23. The zero-order valence-corrected chi connectivity index (χ0v) is 12.4. The molecule has 0 aliphatic carbocycles. The number of hydrogen-bond acceptors (Lipinski definition) is 2. The molecule has 19 heavy (non-hydrogen) atoms. The summed E-state index contributed by atoms with van der Waals surface area (Å²) in [7, 11) is 0. The highest BCUT2D eigenvalue weighted by Crippen LogP contribution is 2.26. The van der Waals surface area contributed by atoms with E-state index in [0.29, 0.717) is 10.0 Å². The highest BCUT2D eigenvalue weighted by molar-refractivity contribution is 6.42. The Kier molecular flexibility index (Phi) is 4.81. The predicted molar refractivity (Wildman–Crippen MR) is 80.7 cm³/mol. The average Bonchev–Trinajstić information content (AvgIpc) is 2.42. The van der Waals surface area contributed by atoms with Crippen molar-refractivity contribution in [1.82, 2.24) is 10.3 Å². The maximum atomic E-state index is 6.04. The van der Waals surface area contributed by atoms with Gasteiger partial charge in [-0.1, -0.05) is 35.3 Å². The summed E-state index contributed by atoms with van der Waals surface area (Å²) in [6.45, 7) is 4.19. The number of halogens is 2. The van der Waals surface area contributed by atoms with E-state index in [1.54, 1.807) is 6.20 Å². The van der Waals surface area contributed by atoms with Crippen molar-refractivity contribution >= 4 is 23.2 Å². The largest absolute Gasteiger partial charge is 0.302 e. The van der Waals surface area contributed by atoms with E-state index < -0.39 is 0 Å². The molecular weight excluding hydrogens is 279 g/mol. The molecule has 100 valence electrons. The van der Waals surface area contributed by atoms with E-state index >= 15 is 0 Å². The summed E-state index contributed by atoms with van der Waals surface area (Å²) in [5.41, 5.74) is 2.13. The van der Waals surface area contributed by atoms with Crippen molar-refractivity contribution in [3.8, 4) is 0 Å². The minimum absolute atomic E-state index is 0.172. The summed E-state index contributed by atoms with van der Waals surface area (Å²) in [5.74, 6) is 0. The van der Waals surface area contributed by atoms with E-state index in [1.165, 1.54) is 0 Å². The first kappa shape index (κ1) is 14.3. The first-order valence-electron chi connectivity index (χ1n) is 6.20. The van der Waals surface area contributed by atoms with Gasteiger partial charge in [0.15, 0.2) is 0 Å². The first-order valence-corrected chi connectivity index (χ1v) is 6.95. The number of pyridine rings is 1. The quantitative estimate of drug-likeness (QED) is 0.876. The fourth-order valence-electron chi connectivity index (χ4n) is 1.97. The maximum absolute atomic E-state index is 6.04. The second kappa shape index (κ2) is 6.38. The Morgan fingerprint density at radius 3 is 2.42 bits per heavy atom. The van der Waals surface area contributed by atoms with Gasteiger partial charge in [0.2, 0.25) is 0 Å². The molecule has 0 radical (unpaired) electrons. The van der Waals surface area contributed by atoms with Crippen LogP contribution >= 0.6 is 23.2 Å². The molecule has 0 fully saturated rings. The van der Waals surface area contributed by atoms with E-state index in [2.05, 4.69) is 24.1 Å². The van der Waals surface area contributed by atoms with Gasteiger partial charge in [0.1, 0.15) is 0 Å². The lowest BCUT2D eigenvalue weighted by Gasteiger charge is -2.20. The molecule has 4 heteroatoms. The Morgan fingerprint density at radius 1 is 1.00 bits per heavy atom. The number of nitrogens with zero attached hydrogens (tertiary/aromatic N) is 1. The zero-order chi connectivity index (χ0) is 13.8. The van der Waals surface area contributed by atoms with Crippen molar-refractivity contribution in [3.63, 3.8) is 0 Å². The molecule has 2 atom stereocenters. The monoisotopic (exact) mass is 294 g/mol. The highest BCUT2D eigenvalue weighted by Gasteiger charge is 2.12. The summed E-state index contributed by atoms with van der Waals surface area (Å²) < 4.78 is 0. The summed E-state index contributed by atoms with van der Waals surface area (Å²) in [6.07, 6.45) is 1.80. The second-order valence-electron chi connectivity index (χ2n) is 4.54. The number of hydrogen-bond donors (Lipinski definition) is 1. The predicted octanol–water partition coefficient (Wildman–Crippen LogP) is 4.80. The van der Waals surface area contributed by atoms with Crippen LogP contribution in [-0.4, -0.2) is 4.98 Å². The molecule has 2 rings (SSSR count). The fraction of sp³-hybridized carbons (Fsp3) is 0.267. The van der Waals surface area contributed by atoms with Gasteiger partial charge in [-0.15, -0.1) is 0 Å². The van der Waals surface area contributed by atoms with Gasteiger partial charge < -0.3 is 5.32 Å². The number of nitrogens with one attached hydrogen (secondary N) is 1. The molecule has 1 N–H and O–H groups in total. The lowest BCUT2D eigenvalue weighted by molar-refractivity contribution is 0.486. The molecular formula is C15H16Cl2N2. The summed E-state index contributed by atoms with van der Waals surface area (Å²) >= 11 is 12.0. The van der Waals surface area contributed by atoms with Gasteiger partial charge >= 0.3 is 0 Å². The molecule has 0 saturated carbocycles. The van der Waals surface area contributed by atoms with Crippen LogP contribution in [0.3, 0.4) is 0 Å². The van der Waals surface area contributed by atoms with Crippen molar-refractivity contribution in [2.75, 3.05) is 0 Å². The van der Waals surface area contributed by atoms with Crippen molar-refractivity contribution in [3.05, 3.63) is 63.9 Å². The van der Waals surface area contributed by atoms with Gasteiger partial charge in [-0.3, -0.25) is 4.98 Å². The molecule has 0 aliphatic rings. The van der Waals surface area contributed by atoms with Gasteiger partial charge in [-0.05, 0) is 43.7 Å². The van der Waals surface area contributed by atoms with Crippen molar-refractivity contribution in [2.24, 2.45) is 0 Å². The van der Waals surface area contributed by atoms with Crippen molar-refractivity contribution < 1.29 is 0 Å². The Bertz CT molecular complexity index is 543. The summed E-state index contributed by atoms with van der Waals surface area (Å²) in [6, 6.07) is 12.0. The molecule has 0 spiro atoms. The normalized spacial score (nSPS) is 14.1. The van der Waals surface area contributed by atoms with Crippen molar-refractivity contribution in [2.45, 2.75) is 25.9 Å². The third-order valence-corrected chi connectivity index (χ3v) is 3.81.